The molecule has 1 saturated carbocycles. The Morgan fingerprint density at radius 2 is 2.35 bits per heavy atom. The second-order valence-electron chi connectivity index (χ2n) is 5.13. The van der Waals surface area contributed by atoms with Crippen molar-refractivity contribution in [3.05, 3.63) is 22.8 Å². The lowest BCUT2D eigenvalue weighted by molar-refractivity contribution is 0.0696. The normalized spacial score (nSPS) is 21.0. The van der Waals surface area contributed by atoms with Gasteiger partial charge >= 0.3 is 5.97 Å². The summed E-state index contributed by atoms with van der Waals surface area (Å²) in [5.41, 5.74) is 0.507. The molecule has 0 spiro atoms. The van der Waals surface area contributed by atoms with Crippen LogP contribution in [0.5, 0.6) is 0 Å². The second-order valence-corrected chi connectivity index (χ2v) is 5.54. The van der Waals surface area contributed by atoms with Crippen molar-refractivity contribution < 1.29 is 9.90 Å². The minimum atomic E-state index is -1.02. The predicted molar refractivity (Wildman–Crippen MR) is 66.6 cm³/mol. The SMILES string of the molecule is CC1(C)CC1CNc1ncc(C(=O)O)cc1Cl. The summed E-state index contributed by atoms with van der Waals surface area (Å²) >= 11 is 5.96. The Morgan fingerprint density at radius 3 is 2.82 bits per heavy atom. The number of nitrogens with zero attached hydrogens (tertiary/aromatic N) is 1. The largest absolute Gasteiger partial charge is 0.478 e. The first-order valence-corrected chi connectivity index (χ1v) is 5.90. The highest BCUT2D eigenvalue weighted by Crippen LogP contribution is 2.51. The van der Waals surface area contributed by atoms with Crippen LogP contribution in [0, 0.1) is 11.3 Å². The molecular weight excluding hydrogens is 240 g/mol. The molecule has 1 aromatic rings. The van der Waals surface area contributed by atoms with Gasteiger partial charge in [0.1, 0.15) is 5.82 Å². The Hall–Kier alpha value is -1.29. The zero-order chi connectivity index (χ0) is 12.6. The number of pyridine rings is 1. The molecule has 92 valence electrons. The van der Waals surface area contributed by atoms with Crippen LogP contribution in [0.15, 0.2) is 12.3 Å². The van der Waals surface area contributed by atoms with Crippen molar-refractivity contribution in [3.8, 4) is 0 Å². The van der Waals surface area contributed by atoms with E-state index in [0.717, 1.165) is 6.54 Å². The quantitative estimate of drug-likeness (QED) is 0.867. The van der Waals surface area contributed by atoms with Crippen molar-refractivity contribution in [1.82, 2.24) is 4.98 Å². The molecule has 0 radical (unpaired) electrons. The summed E-state index contributed by atoms with van der Waals surface area (Å²) < 4.78 is 0. The van der Waals surface area contributed by atoms with Crippen LogP contribution in [-0.4, -0.2) is 22.6 Å². The van der Waals surface area contributed by atoms with Crippen LogP contribution >= 0.6 is 11.6 Å². The maximum atomic E-state index is 10.7. The van der Waals surface area contributed by atoms with Gasteiger partial charge in [-0.25, -0.2) is 9.78 Å². The van der Waals surface area contributed by atoms with Gasteiger partial charge < -0.3 is 10.4 Å². The van der Waals surface area contributed by atoms with Crippen LogP contribution in [0.25, 0.3) is 0 Å². The number of carboxylic acids is 1. The number of aromatic carboxylic acids is 1. The van der Waals surface area contributed by atoms with Crippen molar-refractivity contribution in [2.45, 2.75) is 20.3 Å². The Bertz CT molecular complexity index is 460. The fraction of sp³-hybridized carbons (Fsp3) is 0.500. The second kappa shape index (κ2) is 4.18. The van der Waals surface area contributed by atoms with Gasteiger partial charge in [0.05, 0.1) is 10.6 Å². The number of nitrogens with one attached hydrogen (secondary N) is 1. The zero-order valence-corrected chi connectivity index (χ0v) is 10.6. The van der Waals surface area contributed by atoms with Gasteiger partial charge in [0.2, 0.25) is 0 Å². The Morgan fingerprint density at radius 1 is 1.71 bits per heavy atom. The van der Waals surface area contributed by atoms with Crippen LogP contribution in [-0.2, 0) is 0 Å². The van der Waals surface area contributed by atoms with Crippen molar-refractivity contribution >= 4 is 23.4 Å². The van der Waals surface area contributed by atoms with E-state index in [1.807, 2.05) is 0 Å². The average Bonchev–Trinajstić information content (AvgIpc) is 2.84. The third kappa shape index (κ3) is 2.69. The molecule has 1 unspecified atom stereocenters. The Balaban J connectivity index is 2.00. The van der Waals surface area contributed by atoms with Gasteiger partial charge in [-0.3, -0.25) is 0 Å². The number of carbonyl (C=O) groups is 1. The molecule has 0 bridgehead atoms. The first kappa shape index (κ1) is 12.2. The maximum absolute atomic E-state index is 10.7. The monoisotopic (exact) mass is 254 g/mol. The average molecular weight is 255 g/mol. The lowest BCUT2D eigenvalue weighted by Gasteiger charge is -2.08. The molecule has 0 saturated heterocycles. The molecule has 2 N–H and O–H groups in total. The Kier molecular flexibility index (Phi) is 3.00. The summed E-state index contributed by atoms with van der Waals surface area (Å²) in [6.45, 7) is 5.27. The molecule has 2 rings (SSSR count). The fourth-order valence-electron chi connectivity index (χ4n) is 1.83. The highest BCUT2D eigenvalue weighted by molar-refractivity contribution is 6.33. The maximum Gasteiger partial charge on any atom is 0.337 e. The van der Waals surface area contributed by atoms with E-state index >= 15 is 0 Å². The van der Waals surface area contributed by atoms with E-state index in [4.69, 9.17) is 16.7 Å². The molecule has 0 amide bonds. The minimum Gasteiger partial charge on any atom is -0.478 e. The smallest absolute Gasteiger partial charge is 0.337 e. The molecule has 17 heavy (non-hydrogen) atoms. The standard InChI is InChI=1S/C12H15ClN2O2/c1-12(2)4-8(12)6-15-10-9(13)3-7(5-14-10)11(16)17/h3,5,8H,4,6H2,1-2H3,(H,14,15)(H,16,17). The summed E-state index contributed by atoms with van der Waals surface area (Å²) in [5.74, 6) is 0.174. The molecule has 4 nitrogen and oxygen atoms in total. The van der Waals surface area contributed by atoms with Crippen LogP contribution in [0.1, 0.15) is 30.6 Å². The van der Waals surface area contributed by atoms with Gasteiger partial charge in [0.25, 0.3) is 0 Å². The number of hydrogen-bond donors (Lipinski definition) is 2. The summed E-state index contributed by atoms with van der Waals surface area (Å²) in [7, 11) is 0. The fourth-order valence-corrected chi connectivity index (χ4v) is 2.06. The van der Waals surface area contributed by atoms with Crippen molar-refractivity contribution in [2.75, 3.05) is 11.9 Å². The van der Waals surface area contributed by atoms with Gasteiger partial charge in [-0.1, -0.05) is 25.4 Å². The van der Waals surface area contributed by atoms with Gasteiger partial charge in [0, 0.05) is 12.7 Å². The molecule has 1 aliphatic carbocycles. The highest BCUT2D eigenvalue weighted by atomic mass is 35.5. The summed E-state index contributed by atoms with van der Waals surface area (Å²) in [4.78, 5) is 14.7. The van der Waals surface area contributed by atoms with Gasteiger partial charge in [-0.2, -0.15) is 0 Å². The molecule has 0 aliphatic heterocycles. The summed E-state index contributed by atoms with van der Waals surface area (Å²) in [6.07, 6.45) is 2.51. The number of rotatable bonds is 4. The lowest BCUT2D eigenvalue weighted by atomic mass is 10.1. The highest BCUT2D eigenvalue weighted by Gasteiger charge is 2.45. The molecule has 0 aromatic carbocycles. The van der Waals surface area contributed by atoms with Crippen LogP contribution in [0.2, 0.25) is 5.02 Å². The molecule has 1 atom stereocenters. The van der Waals surface area contributed by atoms with E-state index in [2.05, 4.69) is 24.1 Å². The molecule has 1 fully saturated rings. The van der Waals surface area contributed by atoms with E-state index in [0.29, 0.717) is 22.2 Å². The molecule has 5 heteroatoms. The number of hydrogen-bond acceptors (Lipinski definition) is 3. The third-order valence-electron chi connectivity index (χ3n) is 3.32. The van der Waals surface area contributed by atoms with Gasteiger partial charge in [-0.15, -0.1) is 0 Å². The van der Waals surface area contributed by atoms with Crippen molar-refractivity contribution in [3.63, 3.8) is 0 Å². The molecular formula is C12H15ClN2O2. The molecule has 1 aromatic heterocycles. The molecule has 1 aliphatic rings. The number of carboxylic acid groups (broad SMARTS) is 1. The Labute approximate surface area is 105 Å². The van der Waals surface area contributed by atoms with Crippen LogP contribution in [0.3, 0.4) is 0 Å². The summed E-state index contributed by atoms with van der Waals surface area (Å²) in [5, 5.41) is 12.3. The number of halogens is 1. The van der Waals surface area contributed by atoms with Crippen LogP contribution < -0.4 is 5.32 Å². The van der Waals surface area contributed by atoms with E-state index in [1.165, 1.54) is 18.7 Å². The first-order chi connectivity index (χ1) is 7.90. The zero-order valence-electron chi connectivity index (χ0n) is 9.83. The van der Waals surface area contributed by atoms with Crippen LogP contribution in [0.4, 0.5) is 5.82 Å². The number of aromatic nitrogens is 1. The van der Waals surface area contributed by atoms with E-state index in [9.17, 15) is 4.79 Å². The van der Waals surface area contributed by atoms with E-state index in [-0.39, 0.29) is 5.56 Å². The summed E-state index contributed by atoms with van der Waals surface area (Å²) in [6, 6.07) is 1.41. The molecule has 1 heterocycles. The van der Waals surface area contributed by atoms with Crippen molar-refractivity contribution in [2.24, 2.45) is 11.3 Å². The third-order valence-corrected chi connectivity index (χ3v) is 3.61. The predicted octanol–water partition coefficient (Wildman–Crippen LogP) is 2.89. The number of anilines is 1. The van der Waals surface area contributed by atoms with Crippen molar-refractivity contribution in [1.29, 1.82) is 0 Å². The van der Waals surface area contributed by atoms with Gasteiger partial charge in [-0.05, 0) is 23.8 Å². The lowest BCUT2D eigenvalue weighted by Crippen LogP contribution is -2.09. The first-order valence-electron chi connectivity index (χ1n) is 5.53. The van der Waals surface area contributed by atoms with Gasteiger partial charge in [0.15, 0.2) is 0 Å². The van der Waals surface area contributed by atoms with E-state index in [1.54, 1.807) is 0 Å². The topological polar surface area (TPSA) is 62.2 Å². The minimum absolute atomic E-state index is 0.104. The van der Waals surface area contributed by atoms with E-state index < -0.39 is 5.97 Å².